The Hall–Kier alpha value is -1.29. The summed E-state index contributed by atoms with van der Waals surface area (Å²) in [5, 5.41) is 3.16. The molecular formula is C22H37NO3. The Kier molecular flexibility index (Phi) is 6.95. The number of ether oxygens (including phenoxy) is 1. The molecule has 26 heavy (non-hydrogen) atoms. The number of nitrogens with one attached hydrogen (secondary N) is 1. The van der Waals surface area contributed by atoms with Gasteiger partial charge in [-0.1, -0.05) is 27.7 Å². The summed E-state index contributed by atoms with van der Waals surface area (Å²) in [6, 6.07) is 3.86. The number of carbonyl (C=O) groups excluding carboxylic acids is 1. The number of hydrogen-bond donors (Lipinski definition) is 1. The van der Waals surface area contributed by atoms with E-state index in [0.717, 1.165) is 38.2 Å². The molecule has 2 rings (SSSR count). The molecule has 1 aliphatic rings. The van der Waals surface area contributed by atoms with Gasteiger partial charge in [0, 0.05) is 25.5 Å². The quantitative estimate of drug-likeness (QED) is 0.695. The van der Waals surface area contributed by atoms with Crippen molar-refractivity contribution in [3.05, 3.63) is 24.2 Å². The number of amides is 1. The summed E-state index contributed by atoms with van der Waals surface area (Å²) in [7, 11) is 0. The Morgan fingerprint density at radius 3 is 2.54 bits per heavy atom. The van der Waals surface area contributed by atoms with Crippen LogP contribution in [0.15, 0.2) is 22.8 Å². The lowest BCUT2D eigenvalue weighted by Crippen LogP contribution is -2.45. The summed E-state index contributed by atoms with van der Waals surface area (Å²) >= 11 is 0. The second-order valence-corrected chi connectivity index (χ2v) is 9.22. The SMILES string of the molecule is CC(C)C(CC(=O)NCCC1(C(C)C)CCOC(C)(C)C1)c1ccco1. The van der Waals surface area contributed by atoms with E-state index in [9.17, 15) is 4.79 Å². The minimum absolute atomic E-state index is 0.0748. The molecule has 1 aliphatic heterocycles. The van der Waals surface area contributed by atoms with Gasteiger partial charge in [0.05, 0.1) is 11.9 Å². The van der Waals surface area contributed by atoms with Crippen LogP contribution in [0, 0.1) is 17.3 Å². The lowest BCUT2D eigenvalue weighted by atomic mass is 9.65. The Balaban J connectivity index is 1.90. The second kappa shape index (κ2) is 8.60. The zero-order valence-corrected chi connectivity index (χ0v) is 17.4. The Morgan fingerprint density at radius 1 is 1.27 bits per heavy atom. The van der Waals surface area contributed by atoms with Gasteiger partial charge in [0.1, 0.15) is 5.76 Å². The molecule has 1 fully saturated rings. The molecule has 1 aromatic heterocycles. The molecule has 1 N–H and O–H groups in total. The van der Waals surface area contributed by atoms with Crippen LogP contribution in [-0.2, 0) is 9.53 Å². The predicted molar refractivity (Wildman–Crippen MR) is 105 cm³/mol. The molecule has 2 heterocycles. The van der Waals surface area contributed by atoms with Crippen LogP contribution in [0.3, 0.4) is 0 Å². The van der Waals surface area contributed by atoms with Crippen molar-refractivity contribution < 1.29 is 13.9 Å². The lowest BCUT2D eigenvalue weighted by molar-refractivity contribution is -0.125. The first kappa shape index (κ1) is 21.0. The van der Waals surface area contributed by atoms with Crippen LogP contribution < -0.4 is 5.32 Å². The number of hydrogen-bond acceptors (Lipinski definition) is 3. The smallest absolute Gasteiger partial charge is 0.220 e. The highest BCUT2D eigenvalue weighted by atomic mass is 16.5. The van der Waals surface area contributed by atoms with Crippen molar-refractivity contribution in [2.24, 2.45) is 17.3 Å². The molecule has 4 nitrogen and oxygen atoms in total. The van der Waals surface area contributed by atoms with E-state index in [1.165, 1.54) is 0 Å². The number of furan rings is 1. The Bertz CT molecular complexity index is 562. The maximum absolute atomic E-state index is 12.5. The molecule has 0 bridgehead atoms. The molecule has 1 amide bonds. The van der Waals surface area contributed by atoms with E-state index in [4.69, 9.17) is 9.15 Å². The minimum Gasteiger partial charge on any atom is -0.469 e. The van der Waals surface area contributed by atoms with Crippen molar-refractivity contribution in [3.63, 3.8) is 0 Å². The first-order chi connectivity index (χ1) is 12.2. The summed E-state index contributed by atoms with van der Waals surface area (Å²) in [4.78, 5) is 12.5. The van der Waals surface area contributed by atoms with E-state index < -0.39 is 0 Å². The molecule has 2 unspecified atom stereocenters. The van der Waals surface area contributed by atoms with Crippen molar-refractivity contribution in [1.82, 2.24) is 5.32 Å². The van der Waals surface area contributed by atoms with Gasteiger partial charge < -0.3 is 14.5 Å². The minimum atomic E-state index is -0.0748. The van der Waals surface area contributed by atoms with Crippen LogP contribution in [0.25, 0.3) is 0 Å². The fourth-order valence-corrected chi connectivity index (χ4v) is 4.40. The van der Waals surface area contributed by atoms with Gasteiger partial charge in [-0.2, -0.15) is 0 Å². The molecule has 0 saturated carbocycles. The van der Waals surface area contributed by atoms with Gasteiger partial charge in [0.25, 0.3) is 0 Å². The molecule has 4 heteroatoms. The summed E-state index contributed by atoms with van der Waals surface area (Å²) in [5.41, 5.74) is 0.169. The van der Waals surface area contributed by atoms with E-state index in [-0.39, 0.29) is 22.8 Å². The van der Waals surface area contributed by atoms with E-state index in [1.807, 2.05) is 12.1 Å². The van der Waals surface area contributed by atoms with Gasteiger partial charge in [0.2, 0.25) is 5.91 Å². The van der Waals surface area contributed by atoms with Gasteiger partial charge >= 0.3 is 0 Å². The molecule has 1 saturated heterocycles. The Morgan fingerprint density at radius 2 is 2.00 bits per heavy atom. The third kappa shape index (κ3) is 5.35. The van der Waals surface area contributed by atoms with Crippen molar-refractivity contribution >= 4 is 5.91 Å². The van der Waals surface area contributed by atoms with Crippen LogP contribution in [0.1, 0.15) is 78.9 Å². The molecule has 0 spiro atoms. The average molecular weight is 364 g/mol. The average Bonchev–Trinajstić information content (AvgIpc) is 3.05. The van der Waals surface area contributed by atoms with E-state index in [1.54, 1.807) is 6.26 Å². The van der Waals surface area contributed by atoms with E-state index in [2.05, 4.69) is 46.9 Å². The third-order valence-electron chi connectivity index (χ3n) is 6.16. The van der Waals surface area contributed by atoms with Crippen LogP contribution in [-0.4, -0.2) is 24.7 Å². The summed E-state index contributed by atoms with van der Waals surface area (Å²) in [6.07, 6.45) is 5.30. The summed E-state index contributed by atoms with van der Waals surface area (Å²) in [6.45, 7) is 14.8. The standard InChI is InChI=1S/C22H37NO3/c1-16(2)18(19-8-7-12-25-19)14-20(24)23-11-9-22(17(3)4)10-13-26-21(5,6)15-22/h7-8,12,16-18H,9-11,13-15H2,1-6H3,(H,23,24). The topological polar surface area (TPSA) is 51.5 Å². The maximum atomic E-state index is 12.5. The highest BCUT2D eigenvalue weighted by Crippen LogP contribution is 2.46. The molecule has 0 aromatic carbocycles. The normalized spacial score (nSPS) is 24.0. The number of carbonyl (C=O) groups is 1. The highest BCUT2D eigenvalue weighted by molar-refractivity contribution is 5.76. The molecule has 0 aliphatic carbocycles. The first-order valence-corrected chi connectivity index (χ1v) is 10.1. The molecule has 148 valence electrons. The van der Waals surface area contributed by atoms with Crippen molar-refractivity contribution in [3.8, 4) is 0 Å². The van der Waals surface area contributed by atoms with Gasteiger partial charge in [0.15, 0.2) is 0 Å². The van der Waals surface area contributed by atoms with Crippen LogP contribution in [0.5, 0.6) is 0 Å². The zero-order valence-electron chi connectivity index (χ0n) is 17.4. The largest absolute Gasteiger partial charge is 0.469 e. The fourth-order valence-electron chi connectivity index (χ4n) is 4.40. The van der Waals surface area contributed by atoms with Crippen LogP contribution >= 0.6 is 0 Å². The van der Waals surface area contributed by atoms with E-state index >= 15 is 0 Å². The molecule has 2 atom stereocenters. The molecule has 1 aromatic rings. The van der Waals surface area contributed by atoms with Gasteiger partial charge in [-0.15, -0.1) is 0 Å². The monoisotopic (exact) mass is 363 g/mol. The van der Waals surface area contributed by atoms with Crippen molar-refractivity contribution in [2.75, 3.05) is 13.2 Å². The molecular weight excluding hydrogens is 326 g/mol. The van der Waals surface area contributed by atoms with Crippen molar-refractivity contribution in [1.29, 1.82) is 0 Å². The lowest BCUT2D eigenvalue weighted by Gasteiger charge is -2.47. The van der Waals surface area contributed by atoms with E-state index in [0.29, 0.717) is 18.3 Å². The van der Waals surface area contributed by atoms with Crippen molar-refractivity contribution in [2.45, 2.75) is 78.7 Å². The van der Waals surface area contributed by atoms with Crippen LogP contribution in [0.2, 0.25) is 0 Å². The Labute approximate surface area is 159 Å². The van der Waals surface area contributed by atoms with Gasteiger partial charge in [-0.3, -0.25) is 4.79 Å². The van der Waals surface area contributed by atoms with Gasteiger partial charge in [-0.25, -0.2) is 0 Å². The summed E-state index contributed by atoms with van der Waals surface area (Å²) < 4.78 is 11.5. The first-order valence-electron chi connectivity index (χ1n) is 10.1. The predicted octanol–water partition coefficient (Wildman–Crippen LogP) is 5.15. The van der Waals surface area contributed by atoms with Gasteiger partial charge in [-0.05, 0) is 62.5 Å². The highest BCUT2D eigenvalue weighted by Gasteiger charge is 2.42. The summed E-state index contributed by atoms with van der Waals surface area (Å²) in [5.74, 6) is 2.09. The fraction of sp³-hybridized carbons (Fsp3) is 0.773. The molecule has 0 radical (unpaired) electrons. The van der Waals surface area contributed by atoms with Crippen LogP contribution in [0.4, 0.5) is 0 Å². The number of rotatable bonds is 8. The zero-order chi connectivity index (χ0) is 19.4. The maximum Gasteiger partial charge on any atom is 0.220 e. The third-order valence-corrected chi connectivity index (χ3v) is 6.16. The second-order valence-electron chi connectivity index (χ2n) is 9.22.